The van der Waals surface area contributed by atoms with Gasteiger partial charge in [-0.25, -0.2) is 0 Å². The first-order chi connectivity index (χ1) is 16.3. The number of hydrogen-bond acceptors (Lipinski definition) is 4. The van der Waals surface area contributed by atoms with Crippen LogP contribution in [0.5, 0.6) is 0 Å². The van der Waals surface area contributed by atoms with Gasteiger partial charge in [0.05, 0.1) is 0 Å². The van der Waals surface area contributed by atoms with Crippen molar-refractivity contribution < 1.29 is 17.7 Å². The van der Waals surface area contributed by atoms with E-state index in [9.17, 15) is 0 Å². The highest BCUT2D eigenvalue weighted by Gasteiger charge is 2.48. The van der Waals surface area contributed by atoms with Gasteiger partial charge in [-0.1, -0.05) is 48.6 Å². The molecule has 4 nitrogen and oxygen atoms in total. The second-order valence-corrected chi connectivity index (χ2v) is 12.5. The minimum absolute atomic E-state index is 0.533. The van der Waals surface area contributed by atoms with E-state index in [0.29, 0.717) is 50.1 Å². The van der Waals surface area contributed by atoms with Crippen LogP contribution in [0, 0.1) is 23.7 Å². The predicted molar refractivity (Wildman–Crippen MR) is 135 cm³/mol. The monoisotopic (exact) mass is 472 g/mol. The predicted octanol–water partition coefficient (Wildman–Crippen LogP) is 6.91. The van der Waals surface area contributed by atoms with Crippen LogP contribution in [-0.2, 0) is 17.7 Å². The van der Waals surface area contributed by atoms with Crippen LogP contribution in [0.4, 0.5) is 0 Å². The maximum absolute atomic E-state index is 6.63. The van der Waals surface area contributed by atoms with E-state index in [1.807, 2.05) is 0 Å². The van der Waals surface area contributed by atoms with Crippen molar-refractivity contribution in [1.82, 2.24) is 0 Å². The van der Waals surface area contributed by atoms with Crippen molar-refractivity contribution in [2.24, 2.45) is 23.7 Å². The standard InChI is InChI=1S/C28H44O4Si/c1-5-13-25(14-6-1)21-29-33(30-22-26-15-7-2-8-16-26,31-23-27-17-9-3-10-18-27)32-24-28-19-11-4-12-20-28/h1-5,7,9,11,25-28H,6,8,10,12-24H2. The lowest BCUT2D eigenvalue weighted by molar-refractivity contribution is -0.0602. The van der Waals surface area contributed by atoms with E-state index >= 15 is 0 Å². The molecular weight excluding hydrogens is 428 g/mol. The van der Waals surface area contributed by atoms with Gasteiger partial charge < -0.3 is 17.7 Å². The number of rotatable bonds is 12. The minimum atomic E-state index is -3.23. The van der Waals surface area contributed by atoms with Gasteiger partial charge in [0.2, 0.25) is 0 Å². The van der Waals surface area contributed by atoms with Crippen LogP contribution in [0.3, 0.4) is 0 Å². The van der Waals surface area contributed by atoms with Gasteiger partial charge >= 0.3 is 9.05 Å². The van der Waals surface area contributed by atoms with Crippen LogP contribution in [0.2, 0.25) is 0 Å². The fourth-order valence-electron chi connectivity index (χ4n) is 5.16. The fraction of sp³-hybridized carbons (Fsp3) is 0.714. The topological polar surface area (TPSA) is 36.9 Å². The molecular formula is C28H44O4Si. The Morgan fingerprint density at radius 1 is 0.424 bits per heavy atom. The first kappa shape index (κ1) is 25.1. The molecule has 0 aromatic carbocycles. The quantitative estimate of drug-likeness (QED) is 0.228. The molecule has 0 aliphatic heterocycles. The molecule has 4 aliphatic carbocycles. The Bertz CT molecular complexity index is 568. The Hall–Kier alpha value is -0.983. The molecule has 0 N–H and O–H groups in total. The molecule has 0 amide bonds. The van der Waals surface area contributed by atoms with Crippen LogP contribution in [0.25, 0.3) is 0 Å². The second kappa shape index (κ2) is 13.8. The Balaban J connectivity index is 1.42. The summed E-state index contributed by atoms with van der Waals surface area (Å²) < 4.78 is 26.5. The summed E-state index contributed by atoms with van der Waals surface area (Å²) in [5.41, 5.74) is 0. The number of hydrogen-bond donors (Lipinski definition) is 0. The molecule has 0 spiro atoms. The van der Waals surface area contributed by atoms with E-state index in [1.54, 1.807) is 0 Å². The van der Waals surface area contributed by atoms with E-state index in [1.165, 1.54) is 25.7 Å². The van der Waals surface area contributed by atoms with Crippen molar-refractivity contribution >= 4 is 9.05 Å². The van der Waals surface area contributed by atoms with Gasteiger partial charge in [0.1, 0.15) is 0 Å². The third-order valence-electron chi connectivity index (χ3n) is 7.49. The molecule has 33 heavy (non-hydrogen) atoms. The van der Waals surface area contributed by atoms with Gasteiger partial charge in [-0.15, -0.1) is 0 Å². The normalized spacial score (nSPS) is 31.5. The molecule has 5 heteroatoms. The van der Waals surface area contributed by atoms with Crippen LogP contribution in [0.1, 0.15) is 77.0 Å². The molecule has 0 saturated heterocycles. The molecule has 0 saturated carbocycles. The van der Waals surface area contributed by atoms with Crippen molar-refractivity contribution in [3.8, 4) is 0 Å². The highest BCUT2D eigenvalue weighted by Crippen LogP contribution is 2.28. The van der Waals surface area contributed by atoms with Gasteiger partial charge in [-0.2, -0.15) is 0 Å². The zero-order chi connectivity index (χ0) is 22.6. The van der Waals surface area contributed by atoms with Gasteiger partial charge in [0.15, 0.2) is 0 Å². The van der Waals surface area contributed by atoms with E-state index in [0.717, 1.165) is 51.4 Å². The third-order valence-corrected chi connectivity index (χ3v) is 9.57. The van der Waals surface area contributed by atoms with Gasteiger partial charge in [0, 0.05) is 26.4 Å². The minimum Gasteiger partial charge on any atom is -0.351 e. The molecule has 0 bridgehead atoms. The smallest absolute Gasteiger partial charge is 0.351 e. The fourth-order valence-corrected chi connectivity index (χ4v) is 7.42. The largest absolute Gasteiger partial charge is 0.679 e. The lowest BCUT2D eigenvalue weighted by atomic mass is 9.96. The molecule has 0 aromatic rings. The van der Waals surface area contributed by atoms with Crippen molar-refractivity contribution in [2.45, 2.75) is 77.0 Å². The highest BCUT2D eigenvalue weighted by atomic mass is 28.4. The summed E-state index contributed by atoms with van der Waals surface area (Å²) in [7, 11) is -3.23. The summed E-state index contributed by atoms with van der Waals surface area (Å²) in [4.78, 5) is 0. The van der Waals surface area contributed by atoms with Gasteiger partial charge in [-0.05, 0) is 101 Å². The average Bonchev–Trinajstić information content (AvgIpc) is 2.90. The molecule has 0 aromatic heterocycles. The highest BCUT2D eigenvalue weighted by molar-refractivity contribution is 6.53. The Kier molecular flexibility index (Phi) is 10.5. The molecule has 184 valence electrons. The van der Waals surface area contributed by atoms with E-state index in [2.05, 4.69) is 48.6 Å². The summed E-state index contributed by atoms with van der Waals surface area (Å²) in [6.07, 6.45) is 31.9. The Morgan fingerprint density at radius 3 is 0.909 bits per heavy atom. The molecule has 4 atom stereocenters. The van der Waals surface area contributed by atoms with Crippen molar-refractivity contribution in [3.05, 3.63) is 48.6 Å². The Labute approximate surface area is 202 Å². The maximum atomic E-state index is 6.63. The van der Waals surface area contributed by atoms with Gasteiger partial charge in [-0.3, -0.25) is 0 Å². The van der Waals surface area contributed by atoms with Crippen molar-refractivity contribution in [1.29, 1.82) is 0 Å². The second-order valence-electron chi connectivity index (χ2n) is 10.3. The first-order valence-corrected chi connectivity index (χ1v) is 15.1. The van der Waals surface area contributed by atoms with Crippen molar-refractivity contribution in [2.75, 3.05) is 26.4 Å². The third kappa shape index (κ3) is 8.63. The molecule has 4 rings (SSSR count). The SMILES string of the molecule is C1=CCC(CO[Si](OCC2CC=CCC2)(OCC2CC=CCC2)OCC2CC=CCC2)CC1. The zero-order valence-electron chi connectivity index (χ0n) is 20.4. The molecule has 4 aliphatic rings. The van der Waals surface area contributed by atoms with Crippen LogP contribution < -0.4 is 0 Å². The average molecular weight is 473 g/mol. The summed E-state index contributed by atoms with van der Waals surface area (Å²) in [6, 6.07) is 0. The molecule has 4 unspecified atom stereocenters. The zero-order valence-corrected chi connectivity index (χ0v) is 21.4. The van der Waals surface area contributed by atoms with E-state index in [4.69, 9.17) is 17.7 Å². The lowest BCUT2D eigenvalue weighted by Gasteiger charge is -2.34. The van der Waals surface area contributed by atoms with Crippen molar-refractivity contribution in [3.63, 3.8) is 0 Å². The molecule has 0 heterocycles. The first-order valence-electron chi connectivity index (χ1n) is 13.5. The summed E-state index contributed by atoms with van der Waals surface area (Å²) in [5, 5.41) is 0. The summed E-state index contributed by atoms with van der Waals surface area (Å²) >= 11 is 0. The van der Waals surface area contributed by atoms with Gasteiger partial charge in [0.25, 0.3) is 0 Å². The lowest BCUT2D eigenvalue weighted by Crippen LogP contribution is -2.52. The van der Waals surface area contributed by atoms with Crippen LogP contribution in [-0.4, -0.2) is 35.5 Å². The maximum Gasteiger partial charge on any atom is 0.679 e. The summed E-state index contributed by atoms with van der Waals surface area (Å²) in [5.74, 6) is 2.13. The summed E-state index contributed by atoms with van der Waals surface area (Å²) in [6.45, 7) is 2.71. The Morgan fingerprint density at radius 2 is 0.697 bits per heavy atom. The molecule has 0 radical (unpaired) electrons. The van der Waals surface area contributed by atoms with Crippen LogP contribution in [0.15, 0.2) is 48.6 Å². The van der Waals surface area contributed by atoms with E-state index in [-0.39, 0.29) is 0 Å². The van der Waals surface area contributed by atoms with E-state index < -0.39 is 9.05 Å². The van der Waals surface area contributed by atoms with Crippen LogP contribution >= 0.6 is 0 Å². The molecule has 0 fully saturated rings. The number of allylic oxidation sites excluding steroid dienone is 8.